The lowest BCUT2D eigenvalue weighted by molar-refractivity contribution is -0.154. The number of nitrogens with zero attached hydrogens (tertiary/aromatic N) is 1. The van der Waals surface area contributed by atoms with Crippen LogP contribution < -0.4 is 17.2 Å². The van der Waals surface area contributed by atoms with Gasteiger partial charge in [0, 0.05) is 13.0 Å². The molecule has 0 radical (unpaired) electrons. The van der Waals surface area contributed by atoms with Gasteiger partial charge in [0.1, 0.15) is 0 Å². The zero-order valence-corrected chi connectivity index (χ0v) is 21.5. The predicted molar refractivity (Wildman–Crippen MR) is 138 cm³/mol. The number of unbranched alkanes of at least 4 members (excludes halogenated alkanes) is 14. The molecule has 0 saturated heterocycles. The van der Waals surface area contributed by atoms with Gasteiger partial charge in [0.2, 0.25) is 0 Å². The fraction of sp³-hybridized carbons (Fsp3) is 0.885. The molecule has 0 fully saturated rings. The summed E-state index contributed by atoms with van der Waals surface area (Å²) in [6.07, 6.45) is 19.9. The molecule has 7 nitrogen and oxygen atoms in total. The highest BCUT2D eigenvalue weighted by atomic mass is 16.5. The van der Waals surface area contributed by atoms with Gasteiger partial charge in [-0.25, -0.2) is 4.79 Å². The maximum atomic E-state index is 12.7. The number of aliphatic imine (C=N–C) groups is 1. The van der Waals surface area contributed by atoms with Crippen LogP contribution in [0.5, 0.6) is 0 Å². The summed E-state index contributed by atoms with van der Waals surface area (Å²) >= 11 is 0. The Morgan fingerprint density at radius 1 is 0.727 bits per heavy atom. The van der Waals surface area contributed by atoms with Gasteiger partial charge in [-0.3, -0.25) is 9.79 Å². The third-order valence-corrected chi connectivity index (χ3v) is 6.17. The van der Waals surface area contributed by atoms with Crippen molar-refractivity contribution >= 4 is 17.7 Å². The molecule has 0 spiro atoms. The number of carbonyl (C=O) groups excluding carboxylic acids is 2. The van der Waals surface area contributed by atoms with Crippen molar-refractivity contribution in [2.24, 2.45) is 22.2 Å². The van der Waals surface area contributed by atoms with Crippen molar-refractivity contribution in [3.8, 4) is 0 Å². The number of ether oxygens (including phenoxy) is 1. The summed E-state index contributed by atoms with van der Waals surface area (Å²) in [6, 6.07) is 0. The minimum Gasteiger partial charge on any atom is -0.464 e. The summed E-state index contributed by atoms with van der Waals surface area (Å²) in [7, 11) is 0. The maximum Gasteiger partial charge on any atom is 0.333 e. The van der Waals surface area contributed by atoms with Crippen LogP contribution in [-0.4, -0.2) is 36.4 Å². The van der Waals surface area contributed by atoms with Crippen molar-refractivity contribution in [1.29, 1.82) is 0 Å². The number of rotatable bonds is 23. The normalized spacial score (nSPS) is 12.8. The zero-order chi connectivity index (χ0) is 24.8. The van der Waals surface area contributed by atoms with Crippen LogP contribution in [0.15, 0.2) is 4.99 Å². The van der Waals surface area contributed by atoms with Crippen molar-refractivity contribution in [2.75, 3.05) is 13.2 Å². The summed E-state index contributed by atoms with van der Waals surface area (Å²) in [6.45, 7) is 4.48. The number of esters is 1. The predicted octanol–water partition coefficient (Wildman–Crippen LogP) is 5.13. The van der Waals surface area contributed by atoms with Gasteiger partial charge in [-0.15, -0.1) is 0 Å². The summed E-state index contributed by atoms with van der Waals surface area (Å²) < 4.78 is 5.07. The standard InChI is InChI=1S/C26H52N4O3/c1-3-5-6-7-8-9-10-11-12-13-14-15-16-17-18-20-23(31)26(29,24(32)33-4-2)21-19-22-30-25(27)28/h3-22,29H2,1-2H3,(H4,27,28,30)/t26-/m1/s1. The van der Waals surface area contributed by atoms with Crippen LogP contribution in [0.25, 0.3) is 0 Å². The van der Waals surface area contributed by atoms with Crippen molar-refractivity contribution in [2.45, 2.75) is 135 Å². The molecule has 0 aromatic rings. The van der Waals surface area contributed by atoms with Crippen molar-refractivity contribution < 1.29 is 14.3 Å². The molecule has 0 heterocycles. The Morgan fingerprint density at radius 2 is 1.18 bits per heavy atom. The lowest BCUT2D eigenvalue weighted by atomic mass is 9.86. The first-order valence-electron chi connectivity index (χ1n) is 13.4. The van der Waals surface area contributed by atoms with E-state index in [4.69, 9.17) is 21.9 Å². The smallest absolute Gasteiger partial charge is 0.333 e. The van der Waals surface area contributed by atoms with Gasteiger partial charge in [-0.05, 0) is 26.2 Å². The first-order valence-corrected chi connectivity index (χ1v) is 13.4. The Bertz CT molecular complexity index is 536. The molecule has 33 heavy (non-hydrogen) atoms. The van der Waals surface area contributed by atoms with Crippen molar-refractivity contribution in [1.82, 2.24) is 0 Å². The van der Waals surface area contributed by atoms with E-state index < -0.39 is 11.5 Å². The highest BCUT2D eigenvalue weighted by molar-refractivity contribution is 6.08. The Hall–Kier alpha value is -1.63. The minimum atomic E-state index is -1.61. The van der Waals surface area contributed by atoms with Crippen LogP contribution in [0.1, 0.15) is 129 Å². The van der Waals surface area contributed by atoms with Crippen molar-refractivity contribution in [3.05, 3.63) is 0 Å². The van der Waals surface area contributed by atoms with Crippen LogP contribution in [-0.2, 0) is 14.3 Å². The quantitative estimate of drug-likeness (QED) is 0.0625. The lowest BCUT2D eigenvalue weighted by Crippen LogP contribution is -2.55. The summed E-state index contributed by atoms with van der Waals surface area (Å²) in [5, 5.41) is 0. The fourth-order valence-electron chi connectivity index (χ4n) is 4.06. The Morgan fingerprint density at radius 3 is 1.61 bits per heavy atom. The zero-order valence-electron chi connectivity index (χ0n) is 21.5. The molecule has 1 atom stereocenters. The Labute approximate surface area is 202 Å². The van der Waals surface area contributed by atoms with E-state index in [0.717, 1.165) is 19.3 Å². The molecule has 0 bridgehead atoms. The lowest BCUT2D eigenvalue weighted by Gasteiger charge is -2.25. The SMILES string of the molecule is CCCCCCCCCCCCCCCCCC(=O)[C@](N)(CCCN=C(N)N)C(=O)OCC. The van der Waals surface area contributed by atoms with Gasteiger partial charge < -0.3 is 21.9 Å². The Kier molecular flexibility index (Phi) is 19.9. The van der Waals surface area contributed by atoms with Gasteiger partial charge >= 0.3 is 5.97 Å². The van der Waals surface area contributed by atoms with Gasteiger partial charge in [-0.1, -0.05) is 96.8 Å². The van der Waals surface area contributed by atoms with Crippen LogP contribution in [0, 0.1) is 0 Å². The molecule has 0 aromatic carbocycles. The maximum absolute atomic E-state index is 12.7. The monoisotopic (exact) mass is 468 g/mol. The Balaban J connectivity index is 3.93. The summed E-state index contributed by atoms with van der Waals surface area (Å²) in [5.74, 6) is -0.918. The van der Waals surface area contributed by atoms with E-state index in [1.807, 2.05) is 0 Å². The van der Waals surface area contributed by atoms with Crippen LogP contribution in [0.4, 0.5) is 0 Å². The molecule has 7 heteroatoms. The molecule has 194 valence electrons. The number of nitrogens with two attached hydrogens (primary N) is 3. The second kappa shape index (κ2) is 20.9. The van der Waals surface area contributed by atoms with E-state index in [0.29, 0.717) is 19.4 Å². The first kappa shape index (κ1) is 31.4. The second-order valence-electron chi connectivity index (χ2n) is 9.22. The molecule has 0 aliphatic carbocycles. The van der Waals surface area contributed by atoms with E-state index in [2.05, 4.69) is 11.9 Å². The first-order chi connectivity index (χ1) is 15.9. The van der Waals surface area contributed by atoms with Gasteiger partial charge in [-0.2, -0.15) is 0 Å². The topological polar surface area (TPSA) is 134 Å². The summed E-state index contributed by atoms with van der Waals surface area (Å²) in [5.41, 5.74) is 15.2. The molecule has 0 aliphatic rings. The number of carbonyl (C=O) groups is 2. The van der Waals surface area contributed by atoms with E-state index >= 15 is 0 Å². The number of Topliss-reactive ketones (excluding diaryl/α,β-unsaturated/α-hetero) is 1. The number of guanidine groups is 1. The van der Waals surface area contributed by atoms with Crippen LogP contribution >= 0.6 is 0 Å². The third kappa shape index (κ3) is 16.6. The van der Waals surface area contributed by atoms with Crippen LogP contribution in [0.3, 0.4) is 0 Å². The van der Waals surface area contributed by atoms with Gasteiger partial charge in [0.25, 0.3) is 0 Å². The largest absolute Gasteiger partial charge is 0.464 e. The highest BCUT2D eigenvalue weighted by Crippen LogP contribution is 2.19. The second-order valence-corrected chi connectivity index (χ2v) is 9.22. The number of ketones is 1. The molecule has 0 aliphatic heterocycles. The fourth-order valence-corrected chi connectivity index (χ4v) is 4.06. The van der Waals surface area contributed by atoms with Gasteiger partial charge in [0.15, 0.2) is 17.3 Å². The van der Waals surface area contributed by atoms with Gasteiger partial charge in [0.05, 0.1) is 6.61 Å². The minimum absolute atomic E-state index is 0.0158. The van der Waals surface area contributed by atoms with E-state index in [-0.39, 0.29) is 24.8 Å². The summed E-state index contributed by atoms with van der Waals surface area (Å²) in [4.78, 5) is 29.0. The van der Waals surface area contributed by atoms with Crippen molar-refractivity contribution in [3.63, 3.8) is 0 Å². The average molecular weight is 469 g/mol. The number of hydrogen-bond acceptors (Lipinski definition) is 5. The molecule has 0 amide bonds. The van der Waals surface area contributed by atoms with E-state index in [9.17, 15) is 9.59 Å². The van der Waals surface area contributed by atoms with E-state index in [1.165, 1.54) is 77.0 Å². The molecular weight excluding hydrogens is 416 g/mol. The van der Waals surface area contributed by atoms with E-state index in [1.54, 1.807) is 6.92 Å². The number of hydrogen-bond donors (Lipinski definition) is 3. The molecular formula is C26H52N4O3. The molecule has 0 saturated carbocycles. The molecule has 0 rings (SSSR count). The van der Waals surface area contributed by atoms with Crippen LogP contribution in [0.2, 0.25) is 0 Å². The molecule has 0 unspecified atom stereocenters. The third-order valence-electron chi connectivity index (χ3n) is 6.17. The molecule has 0 aromatic heterocycles. The average Bonchev–Trinajstić information content (AvgIpc) is 2.79. The highest BCUT2D eigenvalue weighted by Gasteiger charge is 2.41. The molecule has 6 N–H and O–H groups in total.